The van der Waals surface area contributed by atoms with E-state index in [0.29, 0.717) is 5.56 Å². The molecule has 0 fully saturated rings. The Hall–Kier alpha value is -1.66. The Labute approximate surface area is 92.8 Å². The Bertz CT molecular complexity index is 404. The molecule has 0 heterocycles. The lowest BCUT2D eigenvalue weighted by molar-refractivity contribution is -0.385. The van der Waals surface area contributed by atoms with E-state index in [4.69, 9.17) is 15.6 Å². The number of hydrogen-bond acceptors (Lipinski definition) is 5. The Balaban J connectivity index is 3.27. The smallest absolute Gasteiger partial charge is 0.311 e. The lowest BCUT2D eigenvalue weighted by Gasteiger charge is -2.22. The molecule has 0 radical (unpaired) electrons. The summed E-state index contributed by atoms with van der Waals surface area (Å²) in [5.74, 6) is 0.169. The second-order valence-corrected chi connectivity index (χ2v) is 3.72. The van der Waals surface area contributed by atoms with Crippen LogP contribution in [0.2, 0.25) is 0 Å². The van der Waals surface area contributed by atoms with E-state index < -0.39 is 10.5 Å². The number of nitro groups is 1. The molecule has 0 aliphatic carbocycles. The lowest BCUT2D eigenvalue weighted by atomic mass is 9.94. The quantitative estimate of drug-likeness (QED) is 0.583. The average molecular weight is 226 g/mol. The van der Waals surface area contributed by atoms with Crippen LogP contribution in [0.3, 0.4) is 0 Å². The van der Waals surface area contributed by atoms with E-state index in [1.54, 1.807) is 13.0 Å². The summed E-state index contributed by atoms with van der Waals surface area (Å²) in [6.07, 6.45) is 0. The van der Waals surface area contributed by atoms with E-state index in [9.17, 15) is 10.1 Å². The summed E-state index contributed by atoms with van der Waals surface area (Å²) >= 11 is 0. The highest BCUT2D eigenvalue weighted by Crippen LogP contribution is 2.30. The predicted molar refractivity (Wildman–Crippen MR) is 58.3 cm³/mol. The molecule has 1 unspecified atom stereocenters. The van der Waals surface area contributed by atoms with Crippen molar-refractivity contribution in [3.8, 4) is 5.75 Å². The van der Waals surface area contributed by atoms with Gasteiger partial charge in [0.2, 0.25) is 0 Å². The summed E-state index contributed by atoms with van der Waals surface area (Å²) < 4.78 is 4.86. The molecule has 0 amide bonds. The van der Waals surface area contributed by atoms with Gasteiger partial charge in [-0.1, -0.05) is 6.07 Å². The van der Waals surface area contributed by atoms with Gasteiger partial charge in [-0.2, -0.15) is 0 Å². The summed E-state index contributed by atoms with van der Waals surface area (Å²) in [4.78, 5) is 10.2. The summed E-state index contributed by atoms with van der Waals surface area (Å²) in [6, 6.07) is 4.38. The van der Waals surface area contributed by atoms with Gasteiger partial charge >= 0.3 is 5.69 Å². The molecule has 6 heteroatoms. The zero-order valence-corrected chi connectivity index (χ0v) is 9.14. The van der Waals surface area contributed by atoms with Gasteiger partial charge in [-0.05, 0) is 18.6 Å². The van der Waals surface area contributed by atoms with Crippen molar-refractivity contribution in [3.63, 3.8) is 0 Å². The molecule has 0 spiro atoms. The molecule has 3 N–H and O–H groups in total. The Morgan fingerprint density at radius 3 is 2.69 bits per heavy atom. The van der Waals surface area contributed by atoms with E-state index in [-0.39, 0.29) is 18.0 Å². The fraction of sp³-hybridized carbons (Fsp3) is 0.400. The highest BCUT2D eigenvalue weighted by Gasteiger charge is 2.24. The van der Waals surface area contributed by atoms with Crippen molar-refractivity contribution in [2.75, 3.05) is 13.7 Å². The van der Waals surface area contributed by atoms with Crippen molar-refractivity contribution in [1.82, 2.24) is 0 Å². The largest absolute Gasteiger partial charge is 0.490 e. The number of hydrogen-bond donors (Lipinski definition) is 2. The molecule has 16 heavy (non-hydrogen) atoms. The first-order chi connectivity index (χ1) is 7.42. The summed E-state index contributed by atoms with van der Waals surface area (Å²) in [7, 11) is 1.36. The van der Waals surface area contributed by atoms with E-state index in [1.165, 1.54) is 19.2 Å². The van der Waals surface area contributed by atoms with Gasteiger partial charge in [0, 0.05) is 6.07 Å². The van der Waals surface area contributed by atoms with Crippen LogP contribution in [-0.2, 0) is 5.54 Å². The summed E-state index contributed by atoms with van der Waals surface area (Å²) in [5.41, 5.74) is 5.11. The van der Waals surface area contributed by atoms with Gasteiger partial charge in [0.15, 0.2) is 5.75 Å². The first-order valence-electron chi connectivity index (χ1n) is 4.65. The average Bonchev–Trinajstić information content (AvgIpc) is 2.28. The maximum Gasteiger partial charge on any atom is 0.311 e. The van der Waals surface area contributed by atoms with Crippen molar-refractivity contribution >= 4 is 5.69 Å². The van der Waals surface area contributed by atoms with E-state index >= 15 is 0 Å². The van der Waals surface area contributed by atoms with Gasteiger partial charge in [0.1, 0.15) is 0 Å². The predicted octanol–water partition coefficient (Wildman–Crippen LogP) is 0.770. The normalized spacial score (nSPS) is 14.2. The number of nitrogens with zero attached hydrogens (tertiary/aromatic N) is 1. The molecule has 1 aromatic rings. The number of nitrogens with two attached hydrogens (primary N) is 1. The van der Waals surface area contributed by atoms with Crippen LogP contribution in [0.15, 0.2) is 18.2 Å². The summed E-state index contributed by atoms with van der Waals surface area (Å²) in [5, 5.41) is 19.8. The minimum Gasteiger partial charge on any atom is -0.490 e. The fourth-order valence-electron chi connectivity index (χ4n) is 1.28. The maximum atomic E-state index is 10.8. The maximum absolute atomic E-state index is 10.8. The van der Waals surface area contributed by atoms with Gasteiger partial charge in [0.05, 0.1) is 24.2 Å². The number of methoxy groups -OCH3 is 1. The molecular weight excluding hydrogens is 212 g/mol. The second kappa shape index (κ2) is 4.46. The van der Waals surface area contributed by atoms with E-state index in [2.05, 4.69) is 0 Å². The van der Waals surface area contributed by atoms with Crippen molar-refractivity contribution in [3.05, 3.63) is 33.9 Å². The molecular formula is C10H14N2O4. The van der Waals surface area contributed by atoms with Gasteiger partial charge in [-0.25, -0.2) is 0 Å². The van der Waals surface area contributed by atoms with Gasteiger partial charge in [0.25, 0.3) is 0 Å². The molecule has 1 atom stereocenters. The molecule has 0 aromatic heterocycles. The van der Waals surface area contributed by atoms with Crippen molar-refractivity contribution in [2.45, 2.75) is 12.5 Å². The molecule has 0 bridgehead atoms. The first-order valence-corrected chi connectivity index (χ1v) is 4.65. The van der Waals surface area contributed by atoms with Crippen LogP contribution >= 0.6 is 0 Å². The third kappa shape index (κ3) is 2.29. The van der Waals surface area contributed by atoms with Crippen LogP contribution in [-0.4, -0.2) is 23.7 Å². The standard InChI is InChI=1S/C10H14N2O4/c1-10(11,6-13)7-3-4-9(16-2)8(5-7)12(14)15/h3-5,13H,6,11H2,1-2H3. The number of rotatable bonds is 4. The molecule has 1 aromatic carbocycles. The number of nitro benzene ring substituents is 1. The van der Waals surface area contributed by atoms with Crippen LogP contribution in [0.4, 0.5) is 5.69 Å². The van der Waals surface area contributed by atoms with Crippen LogP contribution < -0.4 is 10.5 Å². The Morgan fingerprint density at radius 1 is 1.62 bits per heavy atom. The minimum atomic E-state index is -1.00. The van der Waals surface area contributed by atoms with Crippen molar-refractivity contribution in [1.29, 1.82) is 0 Å². The zero-order valence-electron chi connectivity index (χ0n) is 9.14. The van der Waals surface area contributed by atoms with Crippen molar-refractivity contribution in [2.24, 2.45) is 5.73 Å². The highest BCUT2D eigenvalue weighted by molar-refractivity contribution is 5.50. The lowest BCUT2D eigenvalue weighted by Crippen LogP contribution is -2.36. The number of aliphatic hydroxyl groups is 1. The molecule has 0 saturated heterocycles. The monoisotopic (exact) mass is 226 g/mol. The van der Waals surface area contributed by atoms with E-state index in [1.807, 2.05) is 0 Å². The SMILES string of the molecule is COc1ccc(C(C)(N)CO)cc1[N+](=O)[O-]. The van der Waals surface area contributed by atoms with Gasteiger partial charge < -0.3 is 15.6 Å². The fourth-order valence-corrected chi connectivity index (χ4v) is 1.28. The first kappa shape index (κ1) is 12.4. The molecule has 88 valence electrons. The Morgan fingerprint density at radius 2 is 2.25 bits per heavy atom. The van der Waals surface area contributed by atoms with Gasteiger partial charge in [-0.15, -0.1) is 0 Å². The molecule has 0 saturated carbocycles. The number of aliphatic hydroxyl groups excluding tert-OH is 1. The third-order valence-corrected chi connectivity index (χ3v) is 2.36. The molecule has 1 rings (SSSR count). The summed E-state index contributed by atoms with van der Waals surface area (Å²) in [6.45, 7) is 1.30. The van der Waals surface area contributed by atoms with Gasteiger partial charge in [-0.3, -0.25) is 10.1 Å². The topological polar surface area (TPSA) is 98.6 Å². The highest BCUT2D eigenvalue weighted by atomic mass is 16.6. The molecule has 6 nitrogen and oxygen atoms in total. The van der Waals surface area contributed by atoms with Crippen LogP contribution in [0.1, 0.15) is 12.5 Å². The number of benzene rings is 1. The molecule has 0 aliphatic heterocycles. The second-order valence-electron chi connectivity index (χ2n) is 3.72. The van der Waals surface area contributed by atoms with Crippen molar-refractivity contribution < 1.29 is 14.8 Å². The molecule has 0 aliphatic rings. The van der Waals surface area contributed by atoms with Crippen LogP contribution in [0, 0.1) is 10.1 Å². The van der Waals surface area contributed by atoms with Crippen LogP contribution in [0.25, 0.3) is 0 Å². The number of ether oxygens (including phenoxy) is 1. The van der Waals surface area contributed by atoms with E-state index in [0.717, 1.165) is 0 Å². The Kier molecular flexibility index (Phi) is 3.46. The zero-order chi connectivity index (χ0) is 12.3. The van der Waals surface area contributed by atoms with Crippen LogP contribution in [0.5, 0.6) is 5.75 Å². The third-order valence-electron chi connectivity index (χ3n) is 2.36. The minimum absolute atomic E-state index is 0.162.